The second-order valence-electron chi connectivity index (χ2n) is 5.05. The molecule has 0 aliphatic rings. The first kappa shape index (κ1) is 16.9. The predicted molar refractivity (Wildman–Crippen MR) is 81.6 cm³/mol. The van der Waals surface area contributed by atoms with Gasteiger partial charge in [0.05, 0.1) is 31.1 Å². The van der Waals surface area contributed by atoms with Crippen molar-refractivity contribution in [2.24, 2.45) is 0 Å². The molecular weight excluding hydrogens is 280 g/mol. The monoisotopic (exact) mass is 302 g/mol. The smallest absolute Gasteiger partial charge is 0.287 e. The third kappa shape index (κ3) is 5.48. The van der Waals surface area contributed by atoms with E-state index in [1.54, 1.807) is 6.20 Å². The lowest BCUT2D eigenvalue weighted by Gasteiger charge is -2.13. The van der Waals surface area contributed by atoms with Crippen LogP contribution >= 0.6 is 11.6 Å². The molecule has 0 saturated carbocycles. The van der Waals surface area contributed by atoms with Gasteiger partial charge in [-0.15, -0.1) is 0 Å². The first-order chi connectivity index (χ1) is 9.41. The zero-order valence-electron chi connectivity index (χ0n) is 12.5. The van der Waals surface area contributed by atoms with E-state index in [0.29, 0.717) is 25.4 Å². The SMILES string of the molecule is CC(C)OCCNc1cnn(CCN(C)C)c(=O)c1Cl. The average Bonchev–Trinajstić information content (AvgIpc) is 2.37. The molecule has 1 aromatic heterocycles. The van der Waals surface area contributed by atoms with E-state index in [0.717, 1.165) is 6.54 Å². The Morgan fingerprint density at radius 3 is 2.80 bits per heavy atom. The molecule has 0 atom stereocenters. The fraction of sp³-hybridized carbons (Fsp3) is 0.692. The Morgan fingerprint density at radius 1 is 1.50 bits per heavy atom. The Balaban J connectivity index is 2.62. The van der Waals surface area contributed by atoms with Gasteiger partial charge in [-0.05, 0) is 27.9 Å². The number of halogens is 1. The van der Waals surface area contributed by atoms with E-state index in [2.05, 4.69) is 10.4 Å². The highest BCUT2D eigenvalue weighted by molar-refractivity contribution is 6.32. The minimum atomic E-state index is -0.275. The van der Waals surface area contributed by atoms with Gasteiger partial charge in [-0.25, -0.2) is 4.68 Å². The molecule has 6 nitrogen and oxygen atoms in total. The lowest BCUT2D eigenvalue weighted by Crippen LogP contribution is -2.29. The Bertz CT molecular complexity index is 474. The molecule has 0 bridgehead atoms. The lowest BCUT2D eigenvalue weighted by atomic mass is 10.4. The molecule has 0 radical (unpaired) electrons. The summed E-state index contributed by atoms with van der Waals surface area (Å²) in [7, 11) is 3.88. The molecule has 1 heterocycles. The molecule has 0 aliphatic heterocycles. The lowest BCUT2D eigenvalue weighted by molar-refractivity contribution is 0.0870. The summed E-state index contributed by atoms with van der Waals surface area (Å²) in [6.45, 7) is 6.33. The van der Waals surface area contributed by atoms with Crippen LogP contribution in [0.3, 0.4) is 0 Å². The fourth-order valence-electron chi connectivity index (χ4n) is 1.52. The number of likely N-dealkylation sites (N-methyl/N-ethyl adjacent to an activating group) is 1. The van der Waals surface area contributed by atoms with E-state index in [-0.39, 0.29) is 16.7 Å². The Kier molecular flexibility index (Phi) is 6.98. The minimum Gasteiger partial charge on any atom is -0.380 e. The first-order valence-corrected chi connectivity index (χ1v) is 7.05. The molecule has 0 amide bonds. The zero-order valence-corrected chi connectivity index (χ0v) is 13.3. The summed E-state index contributed by atoms with van der Waals surface area (Å²) in [6, 6.07) is 0. The van der Waals surface area contributed by atoms with Gasteiger partial charge in [-0.1, -0.05) is 11.6 Å². The second-order valence-corrected chi connectivity index (χ2v) is 5.43. The molecular formula is C13H23ClN4O2. The molecule has 0 fully saturated rings. The fourth-order valence-corrected chi connectivity index (χ4v) is 1.74. The standard InChI is InChI=1S/C13H23ClN4O2/c1-10(2)20-8-5-15-11-9-16-18(7-6-17(3)4)13(19)12(11)14/h9-10,15H,5-8H2,1-4H3. The van der Waals surface area contributed by atoms with Crippen molar-refractivity contribution in [3.05, 3.63) is 21.6 Å². The molecule has 0 unspecified atom stereocenters. The van der Waals surface area contributed by atoms with Crippen molar-refractivity contribution in [1.82, 2.24) is 14.7 Å². The molecule has 114 valence electrons. The van der Waals surface area contributed by atoms with Gasteiger partial charge in [0.15, 0.2) is 0 Å². The van der Waals surface area contributed by atoms with E-state index in [4.69, 9.17) is 16.3 Å². The summed E-state index contributed by atoms with van der Waals surface area (Å²) in [6.07, 6.45) is 1.76. The first-order valence-electron chi connectivity index (χ1n) is 6.67. The van der Waals surface area contributed by atoms with Crippen LogP contribution in [0.1, 0.15) is 13.8 Å². The number of aromatic nitrogens is 2. The number of ether oxygens (including phenoxy) is 1. The number of hydrogen-bond donors (Lipinski definition) is 1. The summed E-state index contributed by atoms with van der Waals surface area (Å²) in [5, 5.41) is 7.34. The highest BCUT2D eigenvalue weighted by atomic mass is 35.5. The van der Waals surface area contributed by atoms with Crippen LogP contribution in [-0.4, -0.2) is 54.6 Å². The summed E-state index contributed by atoms with van der Waals surface area (Å²) in [5.74, 6) is 0. The second kappa shape index (κ2) is 8.24. The maximum atomic E-state index is 12.0. The van der Waals surface area contributed by atoms with E-state index in [9.17, 15) is 4.79 Å². The normalized spacial score (nSPS) is 11.3. The zero-order chi connectivity index (χ0) is 15.1. The Morgan fingerprint density at radius 2 is 2.20 bits per heavy atom. The number of nitrogens with zero attached hydrogens (tertiary/aromatic N) is 3. The summed E-state index contributed by atoms with van der Waals surface area (Å²) >= 11 is 6.06. The van der Waals surface area contributed by atoms with E-state index < -0.39 is 0 Å². The third-order valence-electron chi connectivity index (χ3n) is 2.61. The highest BCUT2D eigenvalue weighted by Gasteiger charge is 2.09. The number of hydrogen-bond acceptors (Lipinski definition) is 5. The van der Waals surface area contributed by atoms with Gasteiger partial charge in [0.25, 0.3) is 5.56 Å². The maximum absolute atomic E-state index is 12.0. The van der Waals surface area contributed by atoms with E-state index in [1.807, 2.05) is 32.8 Å². The van der Waals surface area contributed by atoms with Gasteiger partial charge >= 0.3 is 0 Å². The van der Waals surface area contributed by atoms with Crippen molar-refractivity contribution >= 4 is 17.3 Å². The number of anilines is 1. The molecule has 7 heteroatoms. The molecule has 0 spiro atoms. The van der Waals surface area contributed by atoms with E-state index in [1.165, 1.54) is 4.68 Å². The van der Waals surface area contributed by atoms with Crippen LogP contribution in [0.5, 0.6) is 0 Å². The van der Waals surface area contributed by atoms with Crippen molar-refractivity contribution in [1.29, 1.82) is 0 Å². The molecule has 0 saturated heterocycles. The predicted octanol–water partition coefficient (Wildman–Crippen LogP) is 1.30. The summed E-state index contributed by atoms with van der Waals surface area (Å²) in [4.78, 5) is 14.0. The third-order valence-corrected chi connectivity index (χ3v) is 2.98. The maximum Gasteiger partial charge on any atom is 0.287 e. The van der Waals surface area contributed by atoms with E-state index >= 15 is 0 Å². The molecule has 20 heavy (non-hydrogen) atoms. The van der Waals surface area contributed by atoms with Crippen molar-refractivity contribution < 1.29 is 4.74 Å². The van der Waals surface area contributed by atoms with Crippen LogP contribution in [0.2, 0.25) is 5.02 Å². The van der Waals surface area contributed by atoms with Crippen molar-refractivity contribution in [3.63, 3.8) is 0 Å². The average molecular weight is 303 g/mol. The Labute approximate surface area is 124 Å². The van der Waals surface area contributed by atoms with Gasteiger partial charge in [0, 0.05) is 13.1 Å². The van der Waals surface area contributed by atoms with Crippen LogP contribution in [0.15, 0.2) is 11.0 Å². The molecule has 0 aromatic carbocycles. The topological polar surface area (TPSA) is 59.4 Å². The molecule has 0 aliphatic carbocycles. The van der Waals surface area contributed by atoms with Crippen molar-refractivity contribution in [2.75, 3.05) is 39.1 Å². The molecule has 1 N–H and O–H groups in total. The van der Waals surface area contributed by atoms with Gasteiger partial charge in [0.2, 0.25) is 0 Å². The van der Waals surface area contributed by atoms with Crippen LogP contribution in [-0.2, 0) is 11.3 Å². The van der Waals surface area contributed by atoms with Crippen LogP contribution in [0.4, 0.5) is 5.69 Å². The van der Waals surface area contributed by atoms with Gasteiger partial charge in [-0.3, -0.25) is 4.79 Å². The highest BCUT2D eigenvalue weighted by Crippen LogP contribution is 2.14. The van der Waals surface area contributed by atoms with Gasteiger partial charge < -0.3 is 15.0 Å². The largest absolute Gasteiger partial charge is 0.380 e. The van der Waals surface area contributed by atoms with Gasteiger partial charge in [-0.2, -0.15) is 5.10 Å². The van der Waals surface area contributed by atoms with Crippen LogP contribution in [0, 0.1) is 0 Å². The number of rotatable bonds is 8. The molecule has 1 rings (SSSR count). The van der Waals surface area contributed by atoms with Gasteiger partial charge in [0.1, 0.15) is 5.02 Å². The quantitative estimate of drug-likeness (QED) is 0.734. The van der Waals surface area contributed by atoms with Crippen LogP contribution < -0.4 is 10.9 Å². The Hall–Kier alpha value is -1.11. The summed E-state index contributed by atoms with van der Waals surface area (Å²) in [5.41, 5.74) is 0.272. The van der Waals surface area contributed by atoms with Crippen molar-refractivity contribution in [3.8, 4) is 0 Å². The minimum absolute atomic E-state index is 0.170. The van der Waals surface area contributed by atoms with Crippen molar-refractivity contribution in [2.45, 2.75) is 26.5 Å². The van der Waals surface area contributed by atoms with Crippen LogP contribution in [0.25, 0.3) is 0 Å². The summed E-state index contributed by atoms with van der Waals surface area (Å²) < 4.78 is 6.78. The molecule has 1 aromatic rings. The number of nitrogens with one attached hydrogen (secondary N) is 1.